The van der Waals surface area contributed by atoms with Gasteiger partial charge < -0.3 is 9.67 Å². The molecule has 1 N–H and O–H groups in total. The maximum Gasteiger partial charge on any atom is 0.273 e. The second-order valence-electron chi connectivity index (χ2n) is 5.29. The van der Waals surface area contributed by atoms with Crippen molar-refractivity contribution in [2.75, 3.05) is 0 Å². The van der Waals surface area contributed by atoms with Crippen LogP contribution in [0.4, 0.5) is 5.69 Å². The SMILES string of the molecule is O=C(N/N=C\c1cc([N+](=O)[O-])ccc1[O-])c1ccccc1-n1cccc1. The first-order chi connectivity index (χ1) is 12.6. The van der Waals surface area contributed by atoms with Crippen molar-refractivity contribution in [2.45, 2.75) is 0 Å². The third-order valence-electron chi connectivity index (χ3n) is 3.61. The molecule has 8 nitrogen and oxygen atoms in total. The number of nitrogens with zero attached hydrogens (tertiary/aromatic N) is 3. The number of benzene rings is 2. The van der Waals surface area contributed by atoms with Gasteiger partial charge in [-0.1, -0.05) is 23.9 Å². The zero-order chi connectivity index (χ0) is 18.5. The average Bonchev–Trinajstić information content (AvgIpc) is 3.17. The number of nitro benzene ring substituents is 1. The highest BCUT2D eigenvalue weighted by Crippen LogP contribution is 2.19. The molecule has 0 saturated heterocycles. The normalized spacial score (nSPS) is 10.8. The molecule has 130 valence electrons. The number of hydrazone groups is 1. The lowest BCUT2D eigenvalue weighted by atomic mass is 10.1. The molecule has 0 radical (unpaired) electrons. The van der Waals surface area contributed by atoms with Gasteiger partial charge in [0.05, 0.1) is 22.4 Å². The summed E-state index contributed by atoms with van der Waals surface area (Å²) in [6, 6.07) is 13.9. The molecule has 0 saturated carbocycles. The predicted molar refractivity (Wildman–Crippen MR) is 93.4 cm³/mol. The number of amides is 1. The van der Waals surface area contributed by atoms with E-state index in [2.05, 4.69) is 10.5 Å². The van der Waals surface area contributed by atoms with Crippen molar-refractivity contribution in [1.82, 2.24) is 9.99 Å². The predicted octanol–water partition coefficient (Wildman–Crippen LogP) is 2.22. The van der Waals surface area contributed by atoms with Gasteiger partial charge in [0.15, 0.2) is 0 Å². The molecule has 26 heavy (non-hydrogen) atoms. The first kappa shape index (κ1) is 16.9. The van der Waals surface area contributed by atoms with Crippen LogP contribution in [0.2, 0.25) is 0 Å². The smallest absolute Gasteiger partial charge is 0.273 e. The molecule has 0 bridgehead atoms. The molecule has 0 spiro atoms. The van der Waals surface area contributed by atoms with Crippen LogP contribution in [0.3, 0.4) is 0 Å². The molecule has 2 aromatic carbocycles. The maximum absolute atomic E-state index is 12.4. The number of carbonyl (C=O) groups is 1. The van der Waals surface area contributed by atoms with Crippen LogP contribution in [0.1, 0.15) is 15.9 Å². The summed E-state index contributed by atoms with van der Waals surface area (Å²) in [7, 11) is 0. The number of hydrogen-bond donors (Lipinski definition) is 1. The van der Waals surface area contributed by atoms with Crippen molar-refractivity contribution in [3.63, 3.8) is 0 Å². The summed E-state index contributed by atoms with van der Waals surface area (Å²) in [4.78, 5) is 22.5. The van der Waals surface area contributed by atoms with Crippen molar-refractivity contribution in [1.29, 1.82) is 0 Å². The van der Waals surface area contributed by atoms with E-state index in [9.17, 15) is 20.0 Å². The van der Waals surface area contributed by atoms with Crippen LogP contribution in [0.5, 0.6) is 5.75 Å². The van der Waals surface area contributed by atoms with E-state index >= 15 is 0 Å². The van der Waals surface area contributed by atoms with Crippen LogP contribution in [-0.2, 0) is 0 Å². The van der Waals surface area contributed by atoms with Gasteiger partial charge >= 0.3 is 0 Å². The molecule has 1 heterocycles. The second-order valence-corrected chi connectivity index (χ2v) is 5.29. The Bertz CT molecular complexity index is 981. The molecule has 0 fully saturated rings. The van der Waals surface area contributed by atoms with E-state index in [0.717, 1.165) is 24.4 Å². The molecule has 0 unspecified atom stereocenters. The minimum Gasteiger partial charge on any atom is -0.872 e. The second kappa shape index (κ2) is 7.31. The quantitative estimate of drug-likeness (QED) is 0.432. The topological polar surface area (TPSA) is 113 Å². The van der Waals surface area contributed by atoms with Crippen LogP contribution < -0.4 is 10.5 Å². The summed E-state index contributed by atoms with van der Waals surface area (Å²) in [5.74, 6) is -0.898. The van der Waals surface area contributed by atoms with Crippen molar-refractivity contribution >= 4 is 17.8 Å². The van der Waals surface area contributed by atoms with Crippen molar-refractivity contribution in [2.24, 2.45) is 5.10 Å². The largest absolute Gasteiger partial charge is 0.872 e. The molecule has 3 aromatic rings. The summed E-state index contributed by atoms with van der Waals surface area (Å²) in [5, 5.41) is 26.2. The van der Waals surface area contributed by atoms with Crippen LogP contribution >= 0.6 is 0 Å². The van der Waals surface area contributed by atoms with Gasteiger partial charge in [-0.2, -0.15) is 5.10 Å². The number of nitrogens with one attached hydrogen (secondary N) is 1. The molecule has 1 amide bonds. The van der Waals surface area contributed by atoms with E-state index in [1.807, 2.05) is 30.6 Å². The highest BCUT2D eigenvalue weighted by molar-refractivity contribution is 5.98. The Labute approximate surface area is 148 Å². The monoisotopic (exact) mass is 349 g/mol. The first-order valence-corrected chi connectivity index (χ1v) is 7.57. The molecule has 8 heteroatoms. The van der Waals surface area contributed by atoms with Crippen LogP contribution in [-0.4, -0.2) is 21.6 Å². The number of nitro groups is 1. The van der Waals surface area contributed by atoms with Crippen LogP contribution in [0, 0.1) is 10.1 Å². The standard InChI is InChI=1S/C18H14N4O4/c23-17-8-7-14(22(25)26)11-13(17)12-19-20-18(24)15-5-1-2-6-16(15)21-9-3-4-10-21/h1-12,23H,(H,20,24)/p-1/b19-12-. The summed E-state index contributed by atoms with van der Waals surface area (Å²) < 4.78 is 1.79. The number of aromatic nitrogens is 1. The summed E-state index contributed by atoms with van der Waals surface area (Å²) in [6.45, 7) is 0. The Kier molecular flexibility index (Phi) is 4.75. The Morgan fingerprint density at radius 2 is 1.85 bits per heavy atom. The van der Waals surface area contributed by atoms with Gasteiger partial charge in [0.25, 0.3) is 11.6 Å². The fraction of sp³-hybridized carbons (Fsp3) is 0. The summed E-state index contributed by atoms with van der Waals surface area (Å²) in [6.07, 6.45) is 4.70. The Balaban J connectivity index is 1.79. The van der Waals surface area contributed by atoms with E-state index in [4.69, 9.17) is 0 Å². The number of para-hydroxylation sites is 1. The molecular weight excluding hydrogens is 336 g/mol. The summed E-state index contributed by atoms with van der Waals surface area (Å²) in [5.41, 5.74) is 3.18. The fourth-order valence-corrected chi connectivity index (χ4v) is 2.36. The maximum atomic E-state index is 12.4. The lowest BCUT2D eigenvalue weighted by Gasteiger charge is -2.10. The number of rotatable bonds is 5. The molecule has 1 aromatic heterocycles. The van der Waals surface area contributed by atoms with Crippen molar-refractivity contribution < 1.29 is 14.8 Å². The third kappa shape index (κ3) is 3.59. The minimum absolute atomic E-state index is 0.0122. The molecule has 0 aliphatic heterocycles. The zero-order valence-electron chi connectivity index (χ0n) is 13.4. The van der Waals surface area contributed by atoms with E-state index in [1.54, 1.807) is 22.8 Å². The van der Waals surface area contributed by atoms with Crippen LogP contribution in [0.25, 0.3) is 5.69 Å². The van der Waals surface area contributed by atoms with Gasteiger partial charge in [-0.05, 0) is 29.8 Å². The van der Waals surface area contributed by atoms with E-state index in [0.29, 0.717) is 11.3 Å². The first-order valence-electron chi connectivity index (χ1n) is 7.57. The number of hydrogen-bond acceptors (Lipinski definition) is 5. The van der Waals surface area contributed by atoms with Gasteiger partial charge in [0.1, 0.15) is 0 Å². The Hall–Kier alpha value is -3.94. The zero-order valence-corrected chi connectivity index (χ0v) is 13.4. The van der Waals surface area contributed by atoms with Gasteiger partial charge in [-0.15, -0.1) is 0 Å². The molecular formula is C18H13N4O4-. The molecule has 0 aliphatic carbocycles. The number of carbonyl (C=O) groups excluding carboxylic acids is 1. The average molecular weight is 349 g/mol. The Morgan fingerprint density at radius 1 is 1.12 bits per heavy atom. The van der Waals surface area contributed by atoms with Gasteiger partial charge in [-0.25, -0.2) is 5.43 Å². The highest BCUT2D eigenvalue weighted by atomic mass is 16.6. The van der Waals surface area contributed by atoms with Gasteiger partial charge in [0, 0.05) is 24.5 Å². The molecule has 3 rings (SSSR count). The lowest BCUT2D eigenvalue weighted by molar-refractivity contribution is -0.385. The van der Waals surface area contributed by atoms with E-state index in [1.165, 1.54) is 0 Å². The fourth-order valence-electron chi connectivity index (χ4n) is 2.36. The Morgan fingerprint density at radius 3 is 2.58 bits per heavy atom. The molecule has 0 atom stereocenters. The minimum atomic E-state index is -0.608. The van der Waals surface area contributed by atoms with Crippen molar-refractivity contribution in [3.05, 3.63) is 88.2 Å². The molecule has 0 aliphatic rings. The van der Waals surface area contributed by atoms with Crippen LogP contribution in [0.15, 0.2) is 72.1 Å². The van der Waals surface area contributed by atoms with Gasteiger partial charge in [-0.3, -0.25) is 14.9 Å². The number of non-ortho nitro benzene ring substituents is 1. The van der Waals surface area contributed by atoms with Crippen molar-refractivity contribution in [3.8, 4) is 11.4 Å². The van der Waals surface area contributed by atoms with Gasteiger partial charge in [0.2, 0.25) is 0 Å². The third-order valence-corrected chi connectivity index (χ3v) is 3.61. The highest BCUT2D eigenvalue weighted by Gasteiger charge is 2.11. The van der Waals surface area contributed by atoms with E-state index in [-0.39, 0.29) is 11.3 Å². The summed E-state index contributed by atoms with van der Waals surface area (Å²) >= 11 is 0. The van der Waals surface area contributed by atoms with E-state index < -0.39 is 16.6 Å². The lowest BCUT2D eigenvalue weighted by Crippen LogP contribution is -2.19.